The van der Waals surface area contributed by atoms with Crippen molar-refractivity contribution in [3.05, 3.63) is 76.7 Å². The van der Waals surface area contributed by atoms with Gasteiger partial charge in [-0.2, -0.15) is 13.2 Å². The lowest BCUT2D eigenvalue weighted by Gasteiger charge is -2.16. The van der Waals surface area contributed by atoms with Gasteiger partial charge in [-0.25, -0.2) is 9.78 Å². The molecule has 0 saturated heterocycles. The summed E-state index contributed by atoms with van der Waals surface area (Å²) in [6, 6.07) is 16.9. The van der Waals surface area contributed by atoms with E-state index in [9.17, 15) is 13.2 Å². The van der Waals surface area contributed by atoms with Gasteiger partial charge in [-0.3, -0.25) is 0 Å². The Hall–Kier alpha value is -2.65. The zero-order valence-electron chi connectivity index (χ0n) is 15.3. The van der Waals surface area contributed by atoms with Crippen LogP contribution in [-0.2, 0) is 11.3 Å². The lowest BCUT2D eigenvalue weighted by Crippen LogP contribution is -2.21. The van der Waals surface area contributed by atoms with Gasteiger partial charge in [0.15, 0.2) is 12.2 Å². The van der Waals surface area contributed by atoms with Gasteiger partial charge in [0.2, 0.25) is 0 Å². The first-order chi connectivity index (χ1) is 13.7. The molecule has 2 N–H and O–H groups in total. The molecule has 1 atom stereocenters. The summed E-state index contributed by atoms with van der Waals surface area (Å²) < 4.78 is 38.2. The quantitative estimate of drug-likeness (QED) is 0.508. The minimum atomic E-state index is -5.08. The van der Waals surface area contributed by atoms with Crippen LogP contribution in [0.2, 0.25) is 0 Å². The number of benzene rings is 2. The second kappa shape index (κ2) is 10.2. The van der Waals surface area contributed by atoms with Crippen LogP contribution in [0.15, 0.2) is 70.0 Å². The minimum absolute atomic E-state index is 0.282. The highest BCUT2D eigenvalue weighted by Gasteiger charge is 2.38. The van der Waals surface area contributed by atoms with Crippen LogP contribution in [0.3, 0.4) is 0 Å². The predicted molar refractivity (Wildman–Crippen MR) is 105 cm³/mol. The first-order valence-electron chi connectivity index (χ1n) is 8.44. The largest absolute Gasteiger partial charge is 0.490 e. The van der Waals surface area contributed by atoms with Gasteiger partial charge in [0.25, 0.3) is 0 Å². The van der Waals surface area contributed by atoms with Crippen LogP contribution in [-0.4, -0.2) is 22.2 Å². The first kappa shape index (κ1) is 22.6. The van der Waals surface area contributed by atoms with Crippen LogP contribution in [0.4, 0.5) is 13.2 Å². The summed E-state index contributed by atoms with van der Waals surface area (Å²) in [7, 11) is 0. The Morgan fingerprint density at radius 3 is 2.34 bits per heavy atom. The summed E-state index contributed by atoms with van der Waals surface area (Å²) in [5, 5.41) is 10.7. The monoisotopic (exact) mass is 470 g/mol. The number of nitrogens with zero attached hydrogens (tertiary/aromatic N) is 1. The normalized spacial score (nSPS) is 12.0. The standard InChI is InChI=1S/C18H17BrN2O.C2HF3O2/c1-13(16-4-2-3-5-17(16)19)21-10-14-6-8-15(9-7-14)18-11-20-12-22-18;3-2(4,5)1(6)7/h2-9,11-13,21H,10H2,1H3;(H,6,7). The van der Waals surface area contributed by atoms with E-state index in [1.54, 1.807) is 6.20 Å². The van der Waals surface area contributed by atoms with Gasteiger partial charge in [0.1, 0.15) is 0 Å². The Bertz CT molecular complexity index is 913. The number of carbonyl (C=O) groups is 1. The van der Waals surface area contributed by atoms with Crippen molar-refractivity contribution >= 4 is 21.9 Å². The van der Waals surface area contributed by atoms with Crippen molar-refractivity contribution in [3.8, 4) is 11.3 Å². The zero-order chi connectivity index (χ0) is 21.4. The van der Waals surface area contributed by atoms with E-state index in [1.807, 2.05) is 6.07 Å². The fraction of sp³-hybridized carbons (Fsp3) is 0.200. The minimum Gasteiger partial charge on any atom is -0.475 e. The molecule has 0 aliphatic rings. The average Bonchev–Trinajstić information content (AvgIpc) is 3.21. The number of oxazole rings is 1. The van der Waals surface area contributed by atoms with Crippen molar-refractivity contribution in [1.82, 2.24) is 10.3 Å². The lowest BCUT2D eigenvalue weighted by atomic mass is 10.1. The van der Waals surface area contributed by atoms with E-state index in [1.165, 1.54) is 17.5 Å². The topological polar surface area (TPSA) is 75.4 Å². The van der Waals surface area contributed by atoms with E-state index in [0.717, 1.165) is 22.3 Å². The number of halogens is 4. The van der Waals surface area contributed by atoms with E-state index < -0.39 is 12.1 Å². The van der Waals surface area contributed by atoms with E-state index in [4.69, 9.17) is 14.3 Å². The lowest BCUT2D eigenvalue weighted by molar-refractivity contribution is -0.192. The third kappa shape index (κ3) is 7.03. The van der Waals surface area contributed by atoms with Gasteiger partial charge in [-0.05, 0) is 24.1 Å². The Morgan fingerprint density at radius 1 is 1.21 bits per heavy atom. The van der Waals surface area contributed by atoms with Gasteiger partial charge in [-0.15, -0.1) is 0 Å². The highest BCUT2D eigenvalue weighted by atomic mass is 79.9. The average molecular weight is 471 g/mol. The van der Waals surface area contributed by atoms with E-state index in [-0.39, 0.29) is 6.04 Å². The number of rotatable bonds is 5. The Morgan fingerprint density at radius 2 is 1.83 bits per heavy atom. The van der Waals surface area contributed by atoms with Gasteiger partial charge in [0, 0.05) is 22.6 Å². The second-order valence-electron chi connectivity index (χ2n) is 5.99. The molecule has 9 heteroatoms. The molecule has 0 saturated carbocycles. The van der Waals surface area contributed by atoms with Crippen LogP contribution in [0.5, 0.6) is 0 Å². The second-order valence-corrected chi connectivity index (χ2v) is 6.84. The maximum Gasteiger partial charge on any atom is 0.490 e. The van der Waals surface area contributed by atoms with Crippen LogP contribution in [0.1, 0.15) is 24.1 Å². The molecule has 154 valence electrons. The smallest absolute Gasteiger partial charge is 0.475 e. The molecule has 0 aliphatic carbocycles. The Balaban J connectivity index is 0.000000370. The molecule has 2 aromatic carbocycles. The van der Waals surface area contributed by atoms with Crippen LogP contribution >= 0.6 is 15.9 Å². The zero-order valence-corrected chi connectivity index (χ0v) is 16.9. The van der Waals surface area contributed by atoms with Gasteiger partial charge < -0.3 is 14.8 Å². The van der Waals surface area contributed by atoms with Crippen molar-refractivity contribution in [2.24, 2.45) is 0 Å². The third-order valence-corrected chi connectivity index (χ3v) is 4.62. The summed E-state index contributed by atoms with van der Waals surface area (Å²) in [6.07, 6.45) is -1.91. The first-order valence-corrected chi connectivity index (χ1v) is 9.23. The summed E-state index contributed by atoms with van der Waals surface area (Å²) in [4.78, 5) is 12.8. The molecule has 0 aliphatic heterocycles. The van der Waals surface area contributed by atoms with E-state index in [2.05, 4.69) is 75.6 Å². The van der Waals surface area contributed by atoms with Crippen LogP contribution in [0, 0.1) is 0 Å². The van der Waals surface area contributed by atoms with E-state index >= 15 is 0 Å². The fourth-order valence-corrected chi connectivity index (χ4v) is 2.98. The summed E-state index contributed by atoms with van der Waals surface area (Å²) in [5.41, 5.74) is 3.54. The number of hydrogen-bond donors (Lipinski definition) is 2. The van der Waals surface area contributed by atoms with Gasteiger partial charge in [0.05, 0.1) is 6.20 Å². The molecule has 0 spiro atoms. The molecule has 0 amide bonds. The fourth-order valence-electron chi connectivity index (χ4n) is 2.35. The molecule has 1 unspecified atom stereocenters. The SMILES string of the molecule is CC(NCc1ccc(-c2cnco2)cc1)c1ccccc1Br.O=C(O)C(F)(F)F. The highest BCUT2D eigenvalue weighted by molar-refractivity contribution is 9.10. The predicted octanol–water partition coefficient (Wildman–Crippen LogP) is 5.59. The van der Waals surface area contributed by atoms with Crippen LogP contribution < -0.4 is 5.32 Å². The third-order valence-electron chi connectivity index (χ3n) is 3.90. The maximum absolute atomic E-state index is 10.6. The summed E-state index contributed by atoms with van der Waals surface area (Å²) in [5.74, 6) is -1.96. The molecule has 0 fully saturated rings. The Labute approximate surface area is 173 Å². The molecule has 29 heavy (non-hydrogen) atoms. The number of carboxylic acid groups (broad SMARTS) is 1. The molecule has 3 rings (SSSR count). The van der Waals surface area contributed by atoms with Crippen molar-refractivity contribution in [2.75, 3.05) is 0 Å². The van der Waals surface area contributed by atoms with Gasteiger partial charge >= 0.3 is 12.1 Å². The number of aromatic nitrogens is 1. The van der Waals surface area contributed by atoms with Crippen molar-refractivity contribution in [3.63, 3.8) is 0 Å². The molecule has 1 aromatic heterocycles. The van der Waals surface area contributed by atoms with Gasteiger partial charge in [-0.1, -0.05) is 58.4 Å². The number of nitrogens with one attached hydrogen (secondary N) is 1. The molecule has 0 bridgehead atoms. The summed E-state index contributed by atoms with van der Waals surface area (Å²) >= 11 is 3.60. The maximum atomic E-state index is 10.6. The van der Waals surface area contributed by atoms with E-state index in [0.29, 0.717) is 0 Å². The van der Waals surface area contributed by atoms with Crippen molar-refractivity contribution in [1.29, 1.82) is 0 Å². The molecule has 1 heterocycles. The van der Waals surface area contributed by atoms with Crippen molar-refractivity contribution < 1.29 is 27.5 Å². The number of aliphatic carboxylic acids is 1. The molecule has 0 radical (unpaired) electrons. The molecular formula is C20H18BrF3N2O3. The number of alkyl halides is 3. The van der Waals surface area contributed by atoms with Crippen LogP contribution in [0.25, 0.3) is 11.3 Å². The van der Waals surface area contributed by atoms with Crippen molar-refractivity contribution in [2.45, 2.75) is 25.7 Å². The molecular weight excluding hydrogens is 453 g/mol. The summed E-state index contributed by atoms with van der Waals surface area (Å²) in [6.45, 7) is 2.99. The molecule has 5 nitrogen and oxygen atoms in total. The molecule has 3 aromatic rings. The number of carboxylic acids is 1. The Kier molecular flexibility index (Phi) is 7.98. The highest BCUT2D eigenvalue weighted by Crippen LogP contribution is 2.23. The number of hydrogen-bond acceptors (Lipinski definition) is 4.